The third-order valence-corrected chi connectivity index (χ3v) is 6.91. The van der Waals surface area contributed by atoms with Crippen molar-refractivity contribution in [2.75, 3.05) is 26.2 Å². The number of amides is 1. The molecule has 198 valence electrons. The van der Waals surface area contributed by atoms with Gasteiger partial charge in [0.25, 0.3) is 11.7 Å². The topological polar surface area (TPSA) is 70.1 Å². The lowest BCUT2D eigenvalue weighted by Crippen LogP contribution is -2.38. The summed E-state index contributed by atoms with van der Waals surface area (Å²) in [5.74, 6) is -1.86. The van der Waals surface area contributed by atoms with E-state index in [2.05, 4.69) is 4.90 Å². The van der Waals surface area contributed by atoms with E-state index in [1.165, 1.54) is 11.0 Å². The molecule has 0 bridgehead atoms. The molecule has 1 aliphatic heterocycles. The number of hydrogen-bond donors (Lipinski definition) is 1. The van der Waals surface area contributed by atoms with Crippen molar-refractivity contribution in [2.45, 2.75) is 33.4 Å². The van der Waals surface area contributed by atoms with E-state index in [9.17, 15) is 19.1 Å². The third kappa shape index (κ3) is 5.78. The lowest BCUT2D eigenvalue weighted by atomic mass is 9.95. The van der Waals surface area contributed by atoms with Crippen LogP contribution in [0.4, 0.5) is 4.39 Å². The molecule has 0 unspecified atom stereocenters. The van der Waals surface area contributed by atoms with E-state index in [-0.39, 0.29) is 23.4 Å². The number of aliphatic hydroxyl groups is 1. The van der Waals surface area contributed by atoms with Crippen LogP contribution in [0.15, 0.2) is 78.4 Å². The summed E-state index contributed by atoms with van der Waals surface area (Å²) in [6.07, 6.45) is 0. The number of nitrogens with zero attached hydrogens (tertiary/aromatic N) is 2. The van der Waals surface area contributed by atoms with Crippen molar-refractivity contribution in [3.63, 3.8) is 0 Å². The highest BCUT2D eigenvalue weighted by molar-refractivity contribution is 6.46. The van der Waals surface area contributed by atoms with E-state index < -0.39 is 23.5 Å². The van der Waals surface area contributed by atoms with Gasteiger partial charge in [-0.05, 0) is 55.9 Å². The second-order valence-electron chi connectivity index (χ2n) is 9.34. The first-order valence-electron chi connectivity index (χ1n) is 12.9. The number of carbonyl (C=O) groups excluding carboxylic acids is 2. The van der Waals surface area contributed by atoms with Crippen LogP contribution in [-0.4, -0.2) is 52.8 Å². The summed E-state index contributed by atoms with van der Waals surface area (Å²) in [5, 5.41) is 11.3. The van der Waals surface area contributed by atoms with Crippen molar-refractivity contribution in [3.8, 4) is 5.75 Å². The summed E-state index contributed by atoms with van der Waals surface area (Å²) in [6, 6.07) is 19.7. The standard InChI is InChI=1S/C31H33FN2O4/c1-4-33(5-2)17-18-34-28(25-11-6-7-12-26(25)32)27(30(36)31(34)37)29(35)23-13-15-24(16-14-23)38-20-22-10-8-9-21(3)19-22/h6-16,19,28,35H,4-5,17-18,20H2,1-3H3/t28-/m1/s1. The Balaban J connectivity index is 1.65. The van der Waals surface area contributed by atoms with Crippen LogP contribution in [0, 0.1) is 12.7 Å². The van der Waals surface area contributed by atoms with Crippen LogP contribution >= 0.6 is 0 Å². The Kier molecular flexibility index (Phi) is 8.59. The van der Waals surface area contributed by atoms with Crippen LogP contribution in [0.2, 0.25) is 0 Å². The Morgan fingerprint density at radius 1 is 1.00 bits per heavy atom. The molecule has 6 nitrogen and oxygen atoms in total. The summed E-state index contributed by atoms with van der Waals surface area (Å²) in [5.41, 5.74) is 2.57. The molecule has 4 rings (SSSR count). The molecule has 1 fully saturated rings. The normalized spacial score (nSPS) is 16.9. The predicted molar refractivity (Wildman–Crippen MR) is 145 cm³/mol. The Morgan fingerprint density at radius 3 is 2.37 bits per heavy atom. The van der Waals surface area contributed by atoms with Gasteiger partial charge in [-0.15, -0.1) is 0 Å². The Bertz CT molecular complexity index is 1330. The summed E-state index contributed by atoms with van der Waals surface area (Å²) in [6.45, 7) is 8.75. The molecule has 0 radical (unpaired) electrons. The second kappa shape index (κ2) is 12.0. The quantitative estimate of drug-likeness (QED) is 0.220. The molecule has 0 spiro atoms. The van der Waals surface area contributed by atoms with Gasteiger partial charge >= 0.3 is 0 Å². The second-order valence-corrected chi connectivity index (χ2v) is 9.34. The van der Waals surface area contributed by atoms with Crippen LogP contribution in [0.25, 0.3) is 5.76 Å². The highest BCUT2D eigenvalue weighted by Crippen LogP contribution is 2.40. The van der Waals surface area contributed by atoms with Gasteiger partial charge in [0.2, 0.25) is 0 Å². The monoisotopic (exact) mass is 516 g/mol. The highest BCUT2D eigenvalue weighted by Gasteiger charge is 2.46. The molecule has 38 heavy (non-hydrogen) atoms. The minimum absolute atomic E-state index is 0.118. The minimum Gasteiger partial charge on any atom is -0.507 e. The zero-order chi connectivity index (χ0) is 27.2. The number of aryl methyl sites for hydroxylation is 1. The number of benzene rings is 3. The van der Waals surface area contributed by atoms with E-state index in [1.54, 1.807) is 42.5 Å². The van der Waals surface area contributed by atoms with Crippen LogP contribution in [0.3, 0.4) is 0 Å². The van der Waals surface area contributed by atoms with E-state index in [0.717, 1.165) is 24.2 Å². The summed E-state index contributed by atoms with van der Waals surface area (Å²) in [7, 11) is 0. The van der Waals surface area contributed by atoms with Crippen molar-refractivity contribution < 1.29 is 23.8 Å². The number of aliphatic hydroxyl groups excluding tert-OH is 1. The minimum atomic E-state index is -1.02. The molecule has 1 N–H and O–H groups in total. The number of halogens is 1. The number of rotatable bonds is 10. The van der Waals surface area contributed by atoms with E-state index in [0.29, 0.717) is 24.5 Å². The first kappa shape index (κ1) is 27.1. The SMILES string of the molecule is CCN(CC)CCN1C(=O)C(=O)C(=C(O)c2ccc(OCc3cccc(C)c3)cc2)[C@H]1c1ccccc1F. The maximum atomic E-state index is 15.0. The van der Waals surface area contributed by atoms with Gasteiger partial charge < -0.3 is 19.6 Å². The Hall–Kier alpha value is -3.97. The number of carbonyl (C=O) groups is 2. The zero-order valence-corrected chi connectivity index (χ0v) is 22.0. The largest absolute Gasteiger partial charge is 0.507 e. The number of ether oxygens (including phenoxy) is 1. The molecule has 1 atom stereocenters. The Morgan fingerprint density at radius 2 is 1.71 bits per heavy atom. The van der Waals surface area contributed by atoms with Crippen LogP contribution < -0.4 is 4.74 Å². The average molecular weight is 517 g/mol. The van der Waals surface area contributed by atoms with Crippen molar-refractivity contribution >= 4 is 17.4 Å². The highest BCUT2D eigenvalue weighted by atomic mass is 19.1. The van der Waals surface area contributed by atoms with E-state index in [4.69, 9.17) is 4.74 Å². The van der Waals surface area contributed by atoms with Crippen molar-refractivity contribution in [3.05, 3.63) is 106 Å². The van der Waals surface area contributed by atoms with Crippen molar-refractivity contribution in [1.29, 1.82) is 0 Å². The number of likely N-dealkylation sites (N-methyl/N-ethyl adjacent to an activating group) is 1. The Labute approximate surface area is 223 Å². The lowest BCUT2D eigenvalue weighted by Gasteiger charge is -2.28. The lowest BCUT2D eigenvalue weighted by molar-refractivity contribution is -0.140. The van der Waals surface area contributed by atoms with Crippen molar-refractivity contribution in [1.82, 2.24) is 9.80 Å². The number of ketones is 1. The maximum Gasteiger partial charge on any atom is 0.295 e. The predicted octanol–water partition coefficient (Wildman–Crippen LogP) is 5.48. The van der Waals surface area contributed by atoms with Gasteiger partial charge in [0.15, 0.2) is 0 Å². The fourth-order valence-corrected chi connectivity index (χ4v) is 4.75. The van der Waals surface area contributed by atoms with Gasteiger partial charge in [0.05, 0.1) is 11.6 Å². The van der Waals surface area contributed by atoms with Crippen LogP contribution in [-0.2, 0) is 16.2 Å². The summed E-state index contributed by atoms with van der Waals surface area (Å²) < 4.78 is 20.8. The molecular formula is C31H33FN2O4. The first-order chi connectivity index (χ1) is 18.3. The van der Waals surface area contributed by atoms with Gasteiger partial charge in [0.1, 0.15) is 23.9 Å². The molecule has 1 aliphatic rings. The van der Waals surface area contributed by atoms with Crippen molar-refractivity contribution in [2.24, 2.45) is 0 Å². The van der Waals surface area contributed by atoms with E-state index >= 15 is 0 Å². The molecule has 3 aromatic rings. The van der Waals surface area contributed by atoms with Gasteiger partial charge in [-0.2, -0.15) is 0 Å². The number of hydrogen-bond acceptors (Lipinski definition) is 5. The van der Waals surface area contributed by atoms with Crippen LogP contribution in [0.5, 0.6) is 5.75 Å². The molecule has 1 saturated heterocycles. The van der Waals surface area contributed by atoms with E-state index in [1.807, 2.05) is 45.0 Å². The molecule has 0 saturated carbocycles. The fourth-order valence-electron chi connectivity index (χ4n) is 4.75. The number of likely N-dealkylation sites (tertiary alicyclic amines) is 1. The molecule has 7 heteroatoms. The molecule has 3 aromatic carbocycles. The smallest absolute Gasteiger partial charge is 0.295 e. The van der Waals surface area contributed by atoms with Gasteiger partial charge in [-0.1, -0.05) is 61.9 Å². The molecule has 1 amide bonds. The molecule has 1 heterocycles. The fraction of sp³-hybridized carbons (Fsp3) is 0.290. The third-order valence-electron chi connectivity index (χ3n) is 6.91. The average Bonchev–Trinajstić information content (AvgIpc) is 3.17. The zero-order valence-electron chi connectivity index (χ0n) is 22.0. The van der Waals surface area contributed by atoms with Gasteiger partial charge in [-0.3, -0.25) is 9.59 Å². The molecule has 0 aromatic heterocycles. The summed E-state index contributed by atoms with van der Waals surface area (Å²) >= 11 is 0. The van der Waals surface area contributed by atoms with Gasteiger partial charge in [-0.25, -0.2) is 4.39 Å². The molecule has 0 aliphatic carbocycles. The maximum absolute atomic E-state index is 15.0. The number of Topliss-reactive ketones (excluding diaryl/α,β-unsaturated/α-hetero) is 1. The van der Waals surface area contributed by atoms with Gasteiger partial charge in [0, 0.05) is 24.2 Å². The van der Waals surface area contributed by atoms with Crippen LogP contribution in [0.1, 0.15) is 42.1 Å². The summed E-state index contributed by atoms with van der Waals surface area (Å²) in [4.78, 5) is 29.8. The first-order valence-corrected chi connectivity index (χ1v) is 12.9. The molecular weight excluding hydrogens is 483 g/mol.